The lowest BCUT2D eigenvalue weighted by Gasteiger charge is -2.27. The summed E-state index contributed by atoms with van der Waals surface area (Å²) in [5, 5.41) is 6.57. The number of hydrogen-bond acceptors (Lipinski definition) is 3. The molecule has 3 rings (SSSR count). The largest absolute Gasteiger partial charge is 0.384 e. The molecule has 0 saturated heterocycles. The number of fused-ring (bicyclic) bond motifs is 1. The van der Waals surface area contributed by atoms with Crippen LogP contribution in [0.15, 0.2) is 24.3 Å². The fourth-order valence-electron chi connectivity index (χ4n) is 3.57. The molecule has 0 spiro atoms. The van der Waals surface area contributed by atoms with E-state index in [4.69, 9.17) is 0 Å². The molecule has 114 valence electrons. The minimum atomic E-state index is 0.193. The second-order valence-corrected chi connectivity index (χ2v) is 7.51. The Bertz CT molecular complexity index is 511. The van der Waals surface area contributed by atoms with Gasteiger partial charge in [0, 0.05) is 35.9 Å². The molecule has 1 unspecified atom stereocenters. The molecular weight excluding hydrogens is 280 g/mol. The van der Waals surface area contributed by atoms with E-state index in [1.54, 1.807) is 0 Å². The van der Waals surface area contributed by atoms with Crippen molar-refractivity contribution in [2.45, 2.75) is 42.8 Å². The Labute approximate surface area is 131 Å². The second-order valence-electron chi connectivity index (χ2n) is 6.24. The van der Waals surface area contributed by atoms with Crippen molar-refractivity contribution < 1.29 is 4.79 Å². The molecule has 3 nitrogen and oxygen atoms in total. The Morgan fingerprint density at radius 3 is 2.90 bits per heavy atom. The zero-order valence-electron chi connectivity index (χ0n) is 12.7. The quantitative estimate of drug-likeness (QED) is 0.876. The van der Waals surface area contributed by atoms with Gasteiger partial charge in [0.1, 0.15) is 0 Å². The second kappa shape index (κ2) is 6.30. The summed E-state index contributed by atoms with van der Waals surface area (Å²) in [4.78, 5) is 12.3. The van der Waals surface area contributed by atoms with E-state index in [0.717, 1.165) is 13.1 Å². The van der Waals surface area contributed by atoms with Gasteiger partial charge >= 0.3 is 0 Å². The highest BCUT2D eigenvalue weighted by Crippen LogP contribution is 2.39. The summed E-state index contributed by atoms with van der Waals surface area (Å²) in [7, 11) is 0. The zero-order valence-corrected chi connectivity index (χ0v) is 13.5. The molecule has 1 aliphatic heterocycles. The molecule has 0 aromatic heterocycles. The Kier molecular flexibility index (Phi) is 4.43. The van der Waals surface area contributed by atoms with Gasteiger partial charge in [0.25, 0.3) is 0 Å². The molecule has 2 N–H and O–H groups in total. The summed E-state index contributed by atoms with van der Waals surface area (Å²) in [6, 6.07) is 8.32. The maximum Gasteiger partial charge on any atom is 0.220 e. The summed E-state index contributed by atoms with van der Waals surface area (Å²) in [5.41, 5.74) is 2.47. The highest BCUT2D eigenvalue weighted by Gasteiger charge is 2.33. The fraction of sp³-hybridized carbons (Fsp3) is 0.588. The number of nitrogens with one attached hydrogen (secondary N) is 2. The maximum atomic E-state index is 12.3. The maximum absolute atomic E-state index is 12.3. The number of amides is 1. The molecular formula is C17H24N2OS. The Balaban J connectivity index is 1.53. The van der Waals surface area contributed by atoms with Gasteiger partial charge in [0.15, 0.2) is 0 Å². The van der Waals surface area contributed by atoms with Gasteiger partial charge in [-0.25, -0.2) is 0 Å². The van der Waals surface area contributed by atoms with Gasteiger partial charge < -0.3 is 10.6 Å². The number of rotatable bonds is 5. The zero-order chi connectivity index (χ0) is 14.7. The number of hydrogen-bond donors (Lipinski definition) is 2. The topological polar surface area (TPSA) is 41.1 Å². The first kappa shape index (κ1) is 14.8. The molecule has 1 aromatic rings. The standard InChI is InChI=1S/C17H24N2OS/c1-21-17(8-4-5-9-17)12-19-16(20)10-13-11-18-15-7-3-2-6-14(13)15/h2-3,6-7,13,18H,4-5,8-12H2,1H3,(H,19,20). The van der Waals surface area contributed by atoms with Crippen molar-refractivity contribution in [1.82, 2.24) is 5.32 Å². The summed E-state index contributed by atoms with van der Waals surface area (Å²) in [5.74, 6) is 0.508. The van der Waals surface area contributed by atoms with Gasteiger partial charge in [-0.2, -0.15) is 11.8 Å². The Morgan fingerprint density at radius 2 is 2.14 bits per heavy atom. The van der Waals surface area contributed by atoms with Crippen molar-refractivity contribution in [3.8, 4) is 0 Å². The van der Waals surface area contributed by atoms with Crippen molar-refractivity contribution in [3.05, 3.63) is 29.8 Å². The number of carbonyl (C=O) groups excluding carboxylic acids is 1. The third-order valence-electron chi connectivity index (χ3n) is 4.93. The third kappa shape index (κ3) is 3.20. The average Bonchev–Trinajstić information content (AvgIpc) is 3.14. The molecule has 0 radical (unpaired) electrons. The summed E-state index contributed by atoms with van der Waals surface area (Å²) >= 11 is 1.93. The number of benzene rings is 1. The van der Waals surface area contributed by atoms with E-state index in [0.29, 0.717) is 17.1 Å². The van der Waals surface area contributed by atoms with E-state index in [-0.39, 0.29) is 5.91 Å². The number of para-hydroxylation sites is 1. The van der Waals surface area contributed by atoms with Crippen LogP contribution in [-0.4, -0.2) is 30.0 Å². The van der Waals surface area contributed by atoms with Crippen LogP contribution >= 0.6 is 11.8 Å². The van der Waals surface area contributed by atoms with Gasteiger partial charge in [0.2, 0.25) is 5.91 Å². The van der Waals surface area contributed by atoms with Crippen LogP contribution in [0.5, 0.6) is 0 Å². The van der Waals surface area contributed by atoms with Crippen LogP contribution in [0.1, 0.15) is 43.6 Å². The van der Waals surface area contributed by atoms with Crippen LogP contribution in [0.25, 0.3) is 0 Å². The van der Waals surface area contributed by atoms with Crippen LogP contribution in [-0.2, 0) is 4.79 Å². The van der Waals surface area contributed by atoms with E-state index in [1.165, 1.54) is 36.9 Å². The fourth-order valence-corrected chi connectivity index (χ4v) is 4.48. The molecule has 1 saturated carbocycles. The minimum absolute atomic E-state index is 0.193. The van der Waals surface area contributed by atoms with Crippen molar-refractivity contribution in [2.24, 2.45) is 0 Å². The normalized spacial score (nSPS) is 22.6. The summed E-state index contributed by atoms with van der Waals surface area (Å²) in [6.45, 7) is 1.70. The lowest BCUT2D eigenvalue weighted by atomic mass is 9.97. The first-order valence-electron chi connectivity index (χ1n) is 7.87. The predicted molar refractivity (Wildman–Crippen MR) is 90.0 cm³/mol. The van der Waals surface area contributed by atoms with Gasteiger partial charge in [-0.3, -0.25) is 4.79 Å². The molecule has 0 bridgehead atoms. The lowest BCUT2D eigenvalue weighted by Crippen LogP contribution is -2.38. The molecule has 1 aliphatic carbocycles. The predicted octanol–water partition coefficient (Wildman–Crippen LogP) is 3.38. The molecule has 21 heavy (non-hydrogen) atoms. The van der Waals surface area contributed by atoms with E-state index in [1.807, 2.05) is 17.8 Å². The van der Waals surface area contributed by atoms with Crippen LogP contribution in [0.2, 0.25) is 0 Å². The van der Waals surface area contributed by atoms with Crippen molar-refractivity contribution in [1.29, 1.82) is 0 Å². The van der Waals surface area contributed by atoms with Gasteiger partial charge in [-0.05, 0) is 30.7 Å². The van der Waals surface area contributed by atoms with Crippen LogP contribution in [0.3, 0.4) is 0 Å². The SMILES string of the molecule is CSC1(CNC(=O)CC2CNc3ccccc32)CCCC1. The van der Waals surface area contributed by atoms with Crippen LogP contribution < -0.4 is 10.6 Å². The van der Waals surface area contributed by atoms with Crippen LogP contribution in [0, 0.1) is 0 Å². The van der Waals surface area contributed by atoms with Gasteiger partial charge in [-0.15, -0.1) is 0 Å². The summed E-state index contributed by atoms with van der Waals surface area (Å²) < 4.78 is 0.293. The molecule has 1 fully saturated rings. The average molecular weight is 304 g/mol. The highest BCUT2D eigenvalue weighted by molar-refractivity contribution is 8.00. The van der Waals surface area contributed by atoms with Gasteiger partial charge in [0.05, 0.1) is 0 Å². The third-order valence-corrected chi connectivity index (χ3v) is 6.35. The van der Waals surface area contributed by atoms with Crippen LogP contribution in [0.4, 0.5) is 5.69 Å². The van der Waals surface area contributed by atoms with E-state index >= 15 is 0 Å². The molecule has 4 heteroatoms. The number of carbonyl (C=O) groups is 1. The minimum Gasteiger partial charge on any atom is -0.384 e. The first-order valence-corrected chi connectivity index (χ1v) is 9.10. The molecule has 1 aromatic carbocycles. The van der Waals surface area contributed by atoms with E-state index in [2.05, 4.69) is 35.1 Å². The number of anilines is 1. The Morgan fingerprint density at radius 1 is 1.38 bits per heavy atom. The van der Waals surface area contributed by atoms with E-state index < -0.39 is 0 Å². The smallest absolute Gasteiger partial charge is 0.220 e. The molecule has 2 aliphatic rings. The van der Waals surface area contributed by atoms with Gasteiger partial charge in [-0.1, -0.05) is 31.0 Å². The summed E-state index contributed by atoms with van der Waals surface area (Å²) in [6.07, 6.45) is 7.85. The van der Waals surface area contributed by atoms with E-state index in [9.17, 15) is 4.79 Å². The Hall–Kier alpha value is -1.16. The molecule has 1 amide bonds. The van der Waals surface area contributed by atoms with Crippen molar-refractivity contribution in [2.75, 3.05) is 24.7 Å². The molecule has 1 heterocycles. The van der Waals surface area contributed by atoms with Crippen molar-refractivity contribution >= 4 is 23.4 Å². The number of thioether (sulfide) groups is 1. The lowest BCUT2D eigenvalue weighted by molar-refractivity contribution is -0.121. The molecule has 1 atom stereocenters. The monoisotopic (exact) mass is 304 g/mol. The van der Waals surface area contributed by atoms with Crippen molar-refractivity contribution in [3.63, 3.8) is 0 Å². The first-order chi connectivity index (χ1) is 10.2. The highest BCUT2D eigenvalue weighted by atomic mass is 32.2.